The highest BCUT2D eigenvalue weighted by molar-refractivity contribution is 7.92. The maximum absolute atomic E-state index is 13.8. The molecule has 0 radical (unpaired) electrons. The number of hydrogen-bond donors (Lipinski definition) is 2. The lowest BCUT2D eigenvalue weighted by Gasteiger charge is -2.41. The van der Waals surface area contributed by atoms with Crippen molar-refractivity contribution in [2.45, 2.75) is 35.1 Å². The first-order valence-corrected chi connectivity index (χ1v) is 14.2. The summed E-state index contributed by atoms with van der Waals surface area (Å²) in [5.41, 5.74) is 0.759. The molecule has 2 fully saturated rings. The highest BCUT2D eigenvalue weighted by Crippen LogP contribution is 2.39. The van der Waals surface area contributed by atoms with E-state index in [1.807, 2.05) is 0 Å². The summed E-state index contributed by atoms with van der Waals surface area (Å²) in [6.07, 6.45) is -4.41. The number of nitrogens with zero attached hydrogens (tertiary/aromatic N) is 2. The normalized spacial score (nSPS) is 19.0. The lowest BCUT2D eigenvalue weighted by atomic mass is 9.92. The van der Waals surface area contributed by atoms with Gasteiger partial charge in [-0.25, -0.2) is 13.9 Å². The molecule has 2 N–H and O–H groups in total. The molecule has 0 unspecified atom stereocenters. The fraction of sp³-hybridized carbons (Fsp3) is 0.500. The summed E-state index contributed by atoms with van der Waals surface area (Å²) in [6.45, 7) is 5.72. The number of hydrogen-bond acceptors (Lipinski definition) is 8. The van der Waals surface area contributed by atoms with Crippen LogP contribution in [0.5, 0.6) is 11.5 Å². The number of hydroxylamine groups is 1. The second-order valence-corrected chi connectivity index (χ2v) is 12.1. The Hall–Kier alpha value is -2.71. The molecule has 4 rings (SSSR count). The first kappa shape index (κ1) is 29.3. The molecule has 9 nitrogen and oxygen atoms in total. The standard InChI is InChI=1S/C26H32F3N3O6S/c27-26(28,29)20-1-3-21(4-2-20)38-22-5-7-23(8-6-22)39(35,36)25(19-24(33)30-34)9-11-31(12-10-25)13-14-32-15-17-37-18-16-32/h1-8,34H,9-19H2,(H,30,33). The number of piperidine rings is 1. The van der Waals surface area contributed by atoms with E-state index < -0.39 is 32.2 Å². The molecule has 0 spiro atoms. The van der Waals surface area contributed by atoms with E-state index in [4.69, 9.17) is 14.7 Å². The molecule has 2 saturated heterocycles. The first-order chi connectivity index (χ1) is 18.5. The molecule has 13 heteroatoms. The van der Waals surface area contributed by atoms with Crippen molar-refractivity contribution >= 4 is 15.7 Å². The molecule has 2 aromatic rings. The summed E-state index contributed by atoms with van der Waals surface area (Å²) in [7, 11) is -4.01. The van der Waals surface area contributed by atoms with Gasteiger partial charge in [-0.05, 0) is 74.5 Å². The van der Waals surface area contributed by atoms with Crippen molar-refractivity contribution in [1.82, 2.24) is 15.3 Å². The van der Waals surface area contributed by atoms with Crippen LogP contribution in [-0.2, 0) is 25.5 Å². The molecule has 2 aromatic carbocycles. The van der Waals surface area contributed by atoms with Crippen molar-refractivity contribution in [3.05, 3.63) is 54.1 Å². The van der Waals surface area contributed by atoms with Gasteiger partial charge in [0.25, 0.3) is 0 Å². The molecule has 0 atom stereocenters. The minimum absolute atomic E-state index is 0.00484. The third-order valence-corrected chi connectivity index (χ3v) is 9.92. The number of amides is 1. The minimum Gasteiger partial charge on any atom is -0.457 e. The van der Waals surface area contributed by atoms with Gasteiger partial charge in [-0.2, -0.15) is 13.2 Å². The van der Waals surface area contributed by atoms with Crippen molar-refractivity contribution in [1.29, 1.82) is 0 Å². The van der Waals surface area contributed by atoms with Gasteiger partial charge < -0.3 is 14.4 Å². The van der Waals surface area contributed by atoms with Crippen molar-refractivity contribution in [2.24, 2.45) is 0 Å². The summed E-state index contributed by atoms with van der Waals surface area (Å²) in [5.74, 6) is -0.365. The summed E-state index contributed by atoms with van der Waals surface area (Å²) in [6, 6.07) is 9.72. The van der Waals surface area contributed by atoms with Gasteiger partial charge in [0.05, 0.1) is 28.4 Å². The zero-order chi connectivity index (χ0) is 28.1. The number of alkyl halides is 3. The van der Waals surface area contributed by atoms with Crippen LogP contribution < -0.4 is 10.2 Å². The first-order valence-electron chi connectivity index (χ1n) is 12.7. The van der Waals surface area contributed by atoms with E-state index in [9.17, 15) is 26.4 Å². The highest BCUT2D eigenvalue weighted by Gasteiger charge is 2.48. The van der Waals surface area contributed by atoms with Crippen LogP contribution in [0, 0.1) is 0 Å². The number of ether oxygens (including phenoxy) is 2. The maximum Gasteiger partial charge on any atom is 0.416 e. The smallest absolute Gasteiger partial charge is 0.416 e. The number of morpholine rings is 1. The number of carbonyl (C=O) groups excluding carboxylic acids is 1. The Morgan fingerprint density at radius 1 is 0.923 bits per heavy atom. The number of rotatable bonds is 9. The van der Waals surface area contributed by atoms with E-state index in [1.165, 1.54) is 36.4 Å². The number of halogens is 3. The monoisotopic (exact) mass is 571 g/mol. The van der Waals surface area contributed by atoms with E-state index >= 15 is 0 Å². The summed E-state index contributed by atoms with van der Waals surface area (Å²) in [5, 5.41) is 9.14. The van der Waals surface area contributed by atoms with E-state index in [-0.39, 0.29) is 35.7 Å². The van der Waals surface area contributed by atoms with Gasteiger partial charge in [0.1, 0.15) is 11.5 Å². The van der Waals surface area contributed by atoms with Crippen LogP contribution in [-0.4, -0.2) is 86.6 Å². The Morgan fingerprint density at radius 2 is 1.44 bits per heavy atom. The van der Waals surface area contributed by atoms with E-state index in [2.05, 4.69) is 9.80 Å². The van der Waals surface area contributed by atoms with Crippen LogP contribution >= 0.6 is 0 Å². The lowest BCUT2D eigenvalue weighted by molar-refractivity contribution is -0.137. The zero-order valence-electron chi connectivity index (χ0n) is 21.3. The van der Waals surface area contributed by atoms with Crippen molar-refractivity contribution in [3.63, 3.8) is 0 Å². The minimum atomic E-state index is -4.46. The van der Waals surface area contributed by atoms with Crippen LogP contribution in [0.3, 0.4) is 0 Å². The molecule has 214 valence electrons. The summed E-state index contributed by atoms with van der Waals surface area (Å²) >= 11 is 0. The Balaban J connectivity index is 1.45. The average molecular weight is 572 g/mol. The molecular formula is C26H32F3N3O6S. The van der Waals surface area contributed by atoms with Crippen LogP contribution in [0.1, 0.15) is 24.8 Å². The molecule has 2 aliphatic heterocycles. The van der Waals surface area contributed by atoms with Crippen molar-refractivity contribution in [3.8, 4) is 11.5 Å². The molecule has 0 bridgehead atoms. The predicted octanol–water partition coefficient (Wildman–Crippen LogP) is 3.33. The molecule has 2 aliphatic rings. The van der Waals surface area contributed by atoms with Gasteiger partial charge in [-0.1, -0.05) is 0 Å². The number of likely N-dealkylation sites (tertiary alicyclic amines) is 1. The van der Waals surface area contributed by atoms with E-state index in [1.54, 1.807) is 5.48 Å². The summed E-state index contributed by atoms with van der Waals surface area (Å²) in [4.78, 5) is 16.7. The molecule has 0 aliphatic carbocycles. The molecule has 0 aromatic heterocycles. The summed E-state index contributed by atoms with van der Waals surface area (Å²) < 4.78 is 75.5. The quantitative estimate of drug-likeness (QED) is 0.349. The average Bonchev–Trinajstić information content (AvgIpc) is 2.93. The Morgan fingerprint density at radius 3 is 1.95 bits per heavy atom. The Labute approximate surface area is 225 Å². The van der Waals surface area contributed by atoms with Crippen LogP contribution in [0.25, 0.3) is 0 Å². The van der Waals surface area contributed by atoms with E-state index in [0.29, 0.717) is 26.3 Å². The van der Waals surface area contributed by atoms with Crippen molar-refractivity contribution in [2.75, 3.05) is 52.5 Å². The predicted molar refractivity (Wildman–Crippen MR) is 135 cm³/mol. The van der Waals surface area contributed by atoms with Crippen LogP contribution in [0.15, 0.2) is 53.4 Å². The second-order valence-electron chi connectivity index (χ2n) is 9.79. The van der Waals surface area contributed by atoms with Gasteiger partial charge in [0.15, 0.2) is 9.84 Å². The number of carbonyl (C=O) groups is 1. The van der Waals surface area contributed by atoms with Gasteiger partial charge in [0.2, 0.25) is 5.91 Å². The van der Waals surface area contributed by atoms with Crippen LogP contribution in [0.2, 0.25) is 0 Å². The number of sulfone groups is 1. The number of benzene rings is 2. The SMILES string of the molecule is O=C(CC1(S(=O)(=O)c2ccc(Oc3ccc(C(F)(F)F)cc3)cc2)CCN(CCN2CCOCC2)CC1)NO. The molecule has 0 saturated carbocycles. The van der Waals surface area contributed by atoms with Crippen LogP contribution in [0.4, 0.5) is 13.2 Å². The third kappa shape index (κ3) is 7.09. The fourth-order valence-corrected chi connectivity index (χ4v) is 6.98. The zero-order valence-corrected chi connectivity index (χ0v) is 22.1. The second kappa shape index (κ2) is 12.2. The molecule has 1 amide bonds. The van der Waals surface area contributed by atoms with Crippen molar-refractivity contribution < 1.29 is 41.1 Å². The van der Waals surface area contributed by atoms with Gasteiger partial charge in [-0.3, -0.25) is 14.9 Å². The lowest BCUT2D eigenvalue weighted by Crippen LogP contribution is -2.52. The largest absolute Gasteiger partial charge is 0.457 e. The Kier molecular flexibility index (Phi) is 9.17. The Bertz CT molecular complexity index is 1210. The van der Waals surface area contributed by atoms with Gasteiger partial charge in [0, 0.05) is 32.6 Å². The van der Waals surface area contributed by atoms with Gasteiger partial charge >= 0.3 is 6.18 Å². The molecule has 2 heterocycles. The van der Waals surface area contributed by atoms with Gasteiger partial charge in [-0.15, -0.1) is 0 Å². The highest BCUT2D eigenvalue weighted by atomic mass is 32.2. The molecular weight excluding hydrogens is 539 g/mol. The topological polar surface area (TPSA) is 108 Å². The third-order valence-electron chi connectivity index (χ3n) is 7.33. The van der Waals surface area contributed by atoms with E-state index in [0.717, 1.165) is 38.3 Å². The molecule has 39 heavy (non-hydrogen) atoms. The maximum atomic E-state index is 13.8. The number of nitrogens with one attached hydrogen (secondary N) is 1. The fourth-order valence-electron chi connectivity index (χ4n) is 4.95.